The number of benzene rings is 1. The lowest BCUT2D eigenvalue weighted by Crippen LogP contribution is -2.57. The quantitative estimate of drug-likeness (QED) is 0.762. The minimum absolute atomic E-state index is 0.0911. The van der Waals surface area contributed by atoms with Crippen LogP contribution < -0.4 is 5.32 Å². The van der Waals surface area contributed by atoms with E-state index in [1.54, 1.807) is 12.1 Å². The molecule has 0 unspecified atom stereocenters. The van der Waals surface area contributed by atoms with Crippen molar-refractivity contribution in [2.75, 3.05) is 39.8 Å². The zero-order chi connectivity index (χ0) is 15.5. The predicted molar refractivity (Wildman–Crippen MR) is 84.6 cm³/mol. The summed E-state index contributed by atoms with van der Waals surface area (Å²) in [5.74, 6) is 0.230. The lowest BCUT2D eigenvalue weighted by molar-refractivity contribution is 0.0617. The number of aromatic hydroxyl groups is 2. The first-order chi connectivity index (χ1) is 9.88. The Morgan fingerprint density at radius 3 is 2.43 bits per heavy atom. The molecule has 1 heterocycles. The summed E-state index contributed by atoms with van der Waals surface area (Å²) in [5, 5.41) is 22.5. The maximum absolute atomic E-state index is 9.78. The first-order valence-electron chi connectivity index (χ1n) is 7.54. The van der Waals surface area contributed by atoms with Crippen LogP contribution in [0.1, 0.15) is 19.4 Å². The first-order valence-corrected chi connectivity index (χ1v) is 7.54. The van der Waals surface area contributed by atoms with Crippen LogP contribution in [0.15, 0.2) is 18.2 Å². The summed E-state index contributed by atoms with van der Waals surface area (Å²) in [6.07, 6.45) is 0. The van der Waals surface area contributed by atoms with Crippen LogP contribution in [-0.4, -0.2) is 65.3 Å². The van der Waals surface area contributed by atoms with Gasteiger partial charge in [-0.05, 0) is 27.0 Å². The van der Waals surface area contributed by atoms with Gasteiger partial charge in [0.05, 0.1) is 0 Å². The average molecular weight is 293 g/mol. The van der Waals surface area contributed by atoms with Gasteiger partial charge in [-0.2, -0.15) is 0 Å². The summed E-state index contributed by atoms with van der Waals surface area (Å²) in [4.78, 5) is 4.87. The fourth-order valence-electron chi connectivity index (χ4n) is 2.73. The smallest absolute Gasteiger partial charge is 0.123 e. The van der Waals surface area contributed by atoms with Crippen molar-refractivity contribution in [3.63, 3.8) is 0 Å². The number of nitrogens with one attached hydrogen (secondary N) is 1. The Hall–Kier alpha value is -1.30. The molecule has 0 aliphatic carbocycles. The van der Waals surface area contributed by atoms with Crippen molar-refractivity contribution < 1.29 is 10.2 Å². The third-order valence-electron chi connectivity index (χ3n) is 4.30. The molecule has 1 fully saturated rings. The average Bonchev–Trinajstić information content (AvgIpc) is 2.41. The molecular formula is C16H27N3O2. The van der Waals surface area contributed by atoms with Crippen molar-refractivity contribution in [1.29, 1.82) is 0 Å². The van der Waals surface area contributed by atoms with Gasteiger partial charge in [-0.25, -0.2) is 0 Å². The molecule has 0 amide bonds. The molecular weight excluding hydrogens is 266 g/mol. The number of rotatable bonds is 5. The zero-order valence-corrected chi connectivity index (χ0v) is 13.3. The van der Waals surface area contributed by atoms with Crippen molar-refractivity contribution in [1.82, 2.24) is 15.1 Å². The zero-order valence-electron chi connectivity index (χ0n) is 13.3. The molecule has 118 valence electrons. The van der Waals surface area contributed by atoms with Crippen molar-refractivity contribution in [2.24, 2.45) is 0 Å². The Morgan fingerprint density at radius 2 is 1.81 bits per heavy atom. The van der Waals surface area contributed by atoms with E-state index in [0.29, 0.717) is 6.54 Å². The van der Waals surface area contributed by atoms with Crippen LogP contribution in [0.4, 0.5) is 0 Å². The fraction of sp³-hybridized carbons (Fsp3) is 0.625. The molecule has 0 aromatic heterocycles. The second-order valence-electron chi connectivity index (χ2n) is 6.52. The summed E-state index contributed by atoms with van der Waals surface area (Å²) < 4.78 is 0. The number of likely N-dealkylation sites (N-methyl/N-ethyl adjacent to an activating group) is 1. The van der Waals surface area contributed by atoms with Gasteiger partial charge in [0.2, 0.25) is 0 Å². The molecule has 1 saturated heterocycles. The molecule has 5 nitrogen and oxygen atoms in total. The minimum atomic E-state index is 0.0911. The van der Waals surface area contributed by atoms with Gasteiger partial charge < -0.3 is 20.4 Å². The van der Waals surface area contributed by atoms with Gasteiger partial charge in [0.15, 0.2) is 0 Å². The van der Waals surface area contributed by atoms with Crippen LogP contribution in [0.25, 0.3) is 0 Å². The van der Waals surface area contributed by atoms with E-state index in [-0.39, 0.29) is 17.0 Å². The van der Waals surface area contributed by atoms with E-state index in [1.807, 2.05) is 0 Å². The van der Waals surface area contributed by atoms with Gasteiger partial charge in [-0.3, -0.25) is 4.90 Å². The van der Waals surface area contributed by atoms with E-state index in [2.05, 4.69) is 36.0 Å². The van der Waals surface area contributed by atoms with E-state index >= 15 is 0 Å². The largest absolute Gasteiger partial charge is 0.508 e. The normalized spacial score (nSPS) is 18.0. The number of phenolic OH excluding ortho intramolecular Hbond substituents is 2. The monoisotopic (exact) mass is 293 g/mol. The third kappa shape index (κ3) is 4.33. The molecule has 0 bridgehead atoms. The summed E-state index contributed by atoms with van der Waals surface area (Å²) >= 11 is 0. The maximum Gasteiger partial charge on any atom is 0.123 e. The van der Waals surface area contributed by atoms with Crippen molar-refractivity contribution in [2.45, 2.75) is 25.9 Å². The minimum Gasteiger partial charge on any atom is -0.508 e. The standard InChI is InChI=1S/C16H27N3O2/c1-16(2,19-8-6-18(3)7-9-19)12-17-11-13-4-5-14(20)10-15(13)21/h4-5,10,17,20-21H,6-9,11-12H2,1-3H3. The highest BCUT2D eigenvalue weighted by atomic mass is 16.3. The number of nitrogens with zero attached hydrogens (tertiary/aromatic N) is 2. The van der Waals surface area contributed by atoms with Crippen LogP contribution in [0.3, 0.4) is 0 Å². The molecule has 0 atom stereocenters. The number of hydrogen-bond acceptors (Lipinski definition) is 5. The summed E-state index contributed by atoms with van der Waals surface area (Å²) in [5.41, 5.74) is 0.898. The van der Waals surface area contributed by atoms with E-state index in [4.69, 9.17) is 0 Å². The van der Waals surface area contributed by atoms with Gasteiger partial charge in [-0.1, -0.05) is 6.07 Å². The number of hydrogen-bond donors (Lipinski definition) is 3. The van der Waals surface area contributed by atoms with Crippen molar-refractivity contribution >= 4 is 0 Å². The molecule has 21 heavy (non-hydrogen) atoms. The first kappa shape index (κ1) is 16.1. The molecule has 2 rings (SSSR count). The van der Waals surface area contributed by atoms with E-state index in [0.717, 1.165) is 38.3 Å². The number of piperazine rings is 1. The highest BCUT2D eigenvalue weighted by Gasteiger charge is 2.28. The SMILES string of the molecule is CN1CCN(C(C)(C)CNCc2ccc(O)cc2O)CC1. The van der Waals surface area contributed by atoms with Crippen LogP contribution in [-0.2, 0) is 6.54 Å². The van der Waals surface area contributed by atoms with Crippen molar-refractivity contribution in [3.05, 3.63) is 23.8 Å². The van der Waals surface area contributed by atoms with Crippen LogP contribution >= 0.6 is 0 Å². The summed E-state index contributed by atoms with van der Waals surface area (Å²) in [7, 11) is 2.16. The van der Waals surface area contributed by atoms with Crippen molar-refractivity contribution in [3.8, 4) is 11.5 Å². The molecule has 1 aromatic carbocycles. The third-order valence-corrected chi connectivity index (χ3v) is 4.30. The van der Waals surface area contributed by atoms with Gasteiger partial charge in [-0.15, -0.1) is 0 Å². The van der Waals surface area contributed by atoms with Crippen LogP contribution in [0, 0.1) is 0 Å². The van der Waals surface area contributed by atoms with Crippen LogP contribution in [0.5, 0.6) is 11.5 Å². The number of phenols is 2. The fourth-order valence-corrected chi connectivity index (χ4v) is 2.73. The molecule has 5 heteroatoms. The second-order valence-corrected chi connectivity index (χ2v) is 6.52. The van der Waals surface area contributed by atoms with E-state index < -0.39 is 0 Å². The lowest BCUT2D eigenvalue weighted by atomic mass is 10.0. The Bertz CT molecular complexity index is 469. The topological polar surface area (TPSA) is 59.0 Å². The van der Waals surface area contributed by atoms with Gasteiger partial charge >= 0.3 is 0 Å². The Morgan fingerprint density at radius 1 is 1.14 bits per heavy atom. The summed E-state index contributed by atoms with van der Waals surface area (Å²) in [6, 6.07) is 4.73. The highest BCUT2D eigenvalue weighted by molar-refractivity contribution is 5.38. The Kier molecular flexibility index (Phi) is 5.08. The van der Waals surface area contributed by atoms with E-state index in [1.165, 1.54) is 6.07 Å². The van der Waals surface area contributed by atoms with Gasteiger partial charge in [0, 0.05) is 56.4 Å². The lowest BCUT2D eigenvalue weighted by Gasteiger charge is -2.43. The Labute approximate surface area is 127 Å². The molecule has 0 spiro atoms. The molecule has 3 N–H and O–H groups in total. The van der Waals surface area contributed by atoms with Crippen LogP contribution in [0.2, 0.25) is 0 Å². The van der Waals surface area contributed by atoms with Gasteiger partial charge in [0.25, 0.3) is 0 Å². The predicted octanol–water partition coefficient (Wildman–Crippen LogP) is 1.21. The van der Waals surface area contributed by atoms with Gasteiger partial charge in [0.1, 0.15) is 11.5 Å². The molecule has 1 aliphatic rings. The summed E-state index contributed by atoms with van der Waals surface area (Å²) in [6.45, 7) is 10.4. The van der Waals surface area contributed by atoms with E-state index in [9.17, 15) is 10.2 Å². The highest BCUT2D eigenvalue weighted by Crippen LogP contribution is 2.22. The molecule has 1 aliphatic heterocycles. The molecule has 0 radical (unpaired) electrons. The maximum atomic E-state index is 9.78. The second kappa shape index (κ2) is 6.64. The Balaban J connectivity index is 1.84. The molecule has 1 aromatic rings. The molecule has 0 saturated carbocycles.